The van der Waals surface area contributed by atoms with Crippen LogP contribution in [0.5, 0.6) is 0 Å². The molecular weight excluding hydrogens is 296 g/mol. The monoisotopic (exact) mass is 324 g/mol. The Morgan fingerprint density at radius 2 is 1.62 bits per heavy atom. The van der Waals surface area contributed by atoms with Gasteiger partial charge in [-0.2, -0.15) is 0 Å². The highest BCUT2D eigenvalue weighted by molar-refractivity contribution is 5.77. The van der Waals surface area contributed by atoms with Crippen molar-refractivity contribution in [3.63, 3.8) is 0 Å². The summed E-state index contributed by atoms with van der Waals surface area (Å²) < 4.78 is 0. The summed E-state index contributed by atoms with van der Waals surface area (Å²) in [6, 6.07) is 19.0. The third-order valence-corrected chi connectivity index (χ3v) is 3.92. The maximum Gasteiger partial charge on any atom is 0.188 e. The van der Waals surface area contributed by atoms with Gasteiger partial charge in [-0.1, -0.05) is 42.5 Å². The Balaban J connectivity index is 1.64. The Bertz CT molecular complexity index is 618. The van der Waals surface area contributed by atoms with E-state index in [9.17, 15) is 0 Å². The van der Waals surface area contributed by atoms with Crippen LogP contribution < -0.4 is 16.0 Å². The first-order chi connectivity index (χ1) is 11.6. The Morgan fingerprint density at radius 3 is 2.29 bits per heavy atom. The van der Waals surface area contributed by atoms with E-state index in [1.807, 2.05) is 6.07 Å². The van der Waals surface area contributed by atoms with Crippen LogP contribution in [0.15, 0.2) is 59.6 Å². The SMILES string of the molecule is CN(C)c1ccc(CCCN=C(N)NCCc2ccccc2)cc1. The Hall–Kier alpha value is -2.49. The topological polar surface area (TPSA) is 53.6 Å². The molecule has 0 amide bonds. The summed E-state index contributed by atoms with van der Waals surface area (Å²) in [6.07, 6.45) is 2.98. The number of anilines is 1. The van der Waals surface area contributed by atoms with Crippen molar-refractivity contribution in [2.45, 2.75) is 19.3 Å². The van der Waals surface area contributed by atoms with Crippen molar-refractivity contribution in [3.8, 4) is 0 Å². The van der Waals surface area contributed by atoms with Gasteiger partial charge in [-0.3, -0.25) is 4.99 Å². The molecule has 0 aliphatic rings. The van der Waals surface area contributed by atoms with E-state index in [2.05, 4.69) is 77.8 Å². The lowest BCUT2D eigenvalue weighted by atomic mass is 10.1. The van der Waals surface area contributed by atoms with Gasteiger partial charge in [0.15, 0.2) is 5.96 Å². The van der Waals surface area contributed by atoms with Gasteiger partial charge in [0.25, 0.3) is 0 Å². The fraction of sp³-hybridized carbons (Fsp3) is 0.350. The molecule has 0 bridgehead atoms. The van der Waals surface area contributed by atoms with Gasteiger partial charge >= 0.3 is 0 Å². The quantitative estimate of drug-likeness (QED) is 0.446. The van der Waals surface area contributed by atoms with Gasteiger partial charge in [0.2, 0.25) is 0 Å². The van der Waals surface area contributed by atoms with Crippen LogP contribution in [0.1, 0.15) is 17.5 Å². The number of nitrogens with one attached hydrogen (secondary N) is 1. The molecule has 0 spiro atoms. The minimum Gasteiger partial charge on any atom is -0.378 e. The lowest BCUT2D eigenvalue weighted by Crippen LogP contribution is -2.33. The summed E-state index contributed by atoms with van der Waals surface area (Å²) in [6.45, 7) is 1.56. The summed E-state index contributed by atoms with van der Waals surface area (Å²) >= 11 is 0. The van der Waals surface area contributed by atoms with Crippen LogP contribution in [-0.4, -0.2) is 33.1 Å². The van der Waals surface area contributed by atoms with Crippen LogP contribution in [0.3, 0.4) is 0 Å². The molecule has 2 rings (SSSR count). The maximum atomic E-state index is 5.90. The van der Waals surface area contributed by atoms with Crippen molar-refractivity contribution in [2.75, 3.05) is 32.1 Å². The summed E-state index contributed by atoms with van der Waals surface area (Å²) in [5.74, 6) is 0.536. The number of guanidine groups is 1. The average Bonchev–Trinajstić information content (AvgIpc) is 2.60. The summed E-state index contributed by atoms with van der Waals surface area (Å²) in [7, 11) is 4.11. The fourth-order valence-electron chi connectivity index (χ4n) is 2.48. The first-order valence-electron chi connectivity index (χ1n) is 8.49. The highest BCUT2D eigenvalue weighted by atomic mass is 15.1. The second-order valence-corrected chi connectivity index (χ2v) is 6.09. The molecule has 0 aliphatic carbocycles. The average molecular weight is 324 g/mol. The number of rotatable bonds is 8. The Labute approximate surface area is 145 Å². The van der Waals surface area contributed by atoms with Gasteiger partial charge in [-0.15, -0.1) is 0 Å². The van der Waals surface area contributed by atoms with Crippen LogP contribution >= 0.6 is 0 Å². The Morgan fingerprint density at radius 1 is 0.958 bits per heavy atom. The fourth-order valence-corrected chi connectivity index (χ4v) is 2.48. The largest absolute Gasteiger partial charge is 0.378 e. The van der Waals surface area contributed by atoms with Crippen LogP contribution in [0.4, 0.5) is 5.69 Å². The molecule has 0 saturated heterocycles. The summed E-state index contributed by atoms with van der Waals surface area (Å²) in [4.78, 5) is 6.50. The summed E-state index contributed by atoms with van der Waals surface area (Å²) in [5.41, 5.74) is 9.77. The molecule has 4 heteroatoms. The number of nitrogens with two attached hydrogens (primary N) is 1. The van der Waals surface area contributed by atoms with Gasteiger partial charge in [0.1, 0.15) is 0 Å². The molecule has 3 N–H and O–H groups in total. The number of nitrogens with zero attached hydrogens (tertiary/aromatic N) is 2. The third-order valence-electron chi connectivity index (χ3n) is 3.92. The minimum absolute atomic E-state index is 0.536. The lowest BCUT2D eigenvalue weighted by molar-refractivity contribution is 0.807. The van der Waals surface area contributed by atoms with Crippen LogP contribution in [-0.2, 0) is 12.8 Å². The zero-order valence-corrected chi connectivity index (χ0v) is 14.7. The van der Waals surface area contributed by atoms with E-state index in [1.54, 1.807) is 0 Å². The number of hydrogen-bond donors (Lipinski definition) is 2. The predicted molar refractivity (Wildman–Crippen MR) is 104 cm³/mol. The van der Waals surface area contributed by atoms with Gasteiger partial charge in [0, 0.05) is 32.9 Å². The van der Waals surface area contributed by atoms with E-state index in [4.69, 9.17) is 5.73 Å². The second-order valence-electron chi connectivity index (χ2n) is 6.09. The van der Waals surface area contributed by atoms with Crippen LogP contribution in [0, 0.1) is 0 Å². The molecule has 0 radical (unpaired) electrons. The standard InChI is InChI=1S/C20H28N4/c1-24(2)19-12-10-18(11-13-19)9-6-15-22-20(21)23-16-14-17-7-4-3-5-8-17/h3-5,7-8,10-13H,6,9,14-16H2,1-2H3,(H3,21,22,23). The molecule has 24 heavy (non-hydrogen) atoms. The van der Waals surface area contributed by atoms with Gasteiger partial charge < -0.3 is 16.0 Å². The molecular formula is C20H28N4. The maximum absolute atomic E-state index is 5.90. The number of aliphatic imine (C=N–C) groups is 1. The van der Waals surface area contributed by atoms with E-state index in [0.717, 1.165) is 32.4 Å². The van der Waals surface area contributed by atoms with Crippen molar-refractivity contribution in [1.29, 1.82) is 0 Å². The van der Waals surface area contributed by atoms with Crippen molar-refractivity contribution < 1.29 is 0 Å². The smallest absolute Gasteiger partial charge is 0.188 e. The Kier molecular flexibility index (Phi) is 7.15. The van der Waals surface area contributed by atoms with E-state index >= 15 is 0 Å². The first kappa shape index (κ1) is 17.9. The zero-order chi connectivity index (χ0) is 17.2. The molecule has 0 aliphatic heterocycles. The highest BCUT2D eigenvalue weighted by Crippen LogP contribution is 2.13. The molecule has 0 saturated carbocycles. The normalized spacial score (nSPS) is 11.3. The minimum atomic E-state index is 0.536. The van der Waals surface area contributed by atoms with E-state index in [1.165, 1.54) is 16.8 Å². The molecule has 2 aromatic rings. The lowest BCUT2D eigenvalue weighted by Gasteiger charge is -2.12. The number of hydrogen-bond acceptors (Lipinski definition) is 2. The summed E-state index contributed by atoms with van der Waals surface area (Å²) in [5, 5.41) is 3.17. The van der Waals surface area contributed by atoms with Gasteiger partial charge in [0.05, 0.1) is 0 Å². The molecule has 2 aromatic carbocycles. The number of benzene rings is 2. The van der Waals surface area contributed by atoms with Crippen molar-refractivity contribution >= 4 is 11.6 Å². The first-order valence-corrected chi connectivity index (χ1v) is 8.49. The van der Waals surface area contributed by atoms with Gasteiger partial charge in [-0.05, 0) is 42.5 Å². The van der Waals surface area contributed by atoms with Crippen LogP contribution in [0.2, 0.25) is 0 Å². The van der Waals surface area contributed by atoms with Gasteiger partial charge in [-0.25, -0.2) is 0 Å². The molecule has 0 atom stereocenters. The second kappa shape index (κ2) is 9.60. The molecule has 4 nitrogen and oxygen atoms in total. The van der Waals surface area contributed by atoms with Crippen molar-refractivity contribution in [3.05, 3.63) is 65.7 Å². The molecule has 128 valence electrons. The molecule has 0 fully saturated rings. The highest BCUT2D eigenvalue weighted by Gasteiger charge is 1.97. The third kappa shape index (κ3) is 6.32. The molecule has 0 aromatic heterocycles. The molecule has 0 heterocycles. The predicted octanol–water partition coefficient (Wildman–Crippen LogP) is 2.83. The van der Waals surface area contributed by atoms with E-state index in [-0.39, 0.29) is 0 Å². The van der Waals surface area contributed by atoms with Crippen LogP contribution in [0.25, 0.3) is 0 Å². The van der Waals surface area contributed by atoms with E-state index < -0.39 is 0 Å². The van der Waals surface area contributed by atoms with E-state index in [0.29, 0.717) is 5.96 Å². The van der Waals surface area contributed by atoms with Crippen molar-refractivity contribution in [1.82, 2.24) is 5.32 Å². The molecule has 0 unspecified atom stereocenters. The zero-order valence-electron chi connectivity index (χ0n) is 14.7. The van der Waals surface area contributed by atoms with Crippen molar-refractivity contribution in [2.24, 2.45) is 10.7 Å². The number of aryl methyl sites for hydroxylation is 1.